The number of hydrogen-bond acceptors (Lipinski definition) is 2. The zero-order valence-electron chi connectivity index (χ0n) is 11.8. The highest BCUT2D eigenvalue weighted by molar-refractivity contribution is 5.26. The highest BCUT2D eigenvalue weighted by Gasteiger charge is 2.22. The van der Waals surface area contributed by atoms with Crippen LogP contribution in [-0.2, 0) is 13.0 Å². The summed E-state index contributed by atoms with van der Waals surface area (Å²) in [5, 5.41) is 3.64. The molecule has 0 radical (unpaired) electrons. The first-order valence-corrected chi connectivity index (χ1v) is 7.36. The monoisotopic (exact) mass is 246 g/mol. The minimum Gasteiger partial charge on any atom is -0.311 e. The van der Waals surface area contributed by atoms with Crippen LogP contribution in [0.3, 0.4) is 0 Å². The van der Waals surface area contributed by atoms with Gasteiger partial charge in [-0.25, -0.2) is 0 Å². The molecule has 1 N–H and O–H groups in total. The fourth-order valence-corrected chi connectivity index (χ4v) is 2.99. The lowest BCUT2D eigenvalue weighted by atomic mass is 10.1. The maximum Gasteiger partial charge on any atom is 0.0221 e. The quantitative estimate of drug-likeness (QED) is 0.830. The van der Waals surface area contributed by atoms with E-state index in [0.29, 0.717) is 0 Å². The zero-order valence-corrected chi connectivity index (χ0v) is 11.8. The van der Waals surface area contributed by atoms with Gasteiger partial charge >= 0.3 is 0 Å². The third kappa shape index (κ3) is 3.33. The third-order valence-electron chi connectivity index (χ3n) is 4.10. The van der Waals surface area contributed by atoms with Crippen molar-refractivity contribution in [1.82, 2.24) is 10.2 Å². The van der Waals surface area contributed by atoms with Crippen molar-refractivity contribution in [3.8, 4) is 0 Å². The largest absolute Gasteiger partial charge is 0.311 e. The molecule has 1 aliphatic rings. The van der Waals surface area contributed by atoms with E-state index in [-0.39, 0.29) is 0 Å². The second-order valence-corrected chi connectivity index (χ2v) is 5.18. The summed E-state index contributed by atoms with van der Waals surface area (Å²) < 4.78 is 0. The Labute approximate surface area is 111 Å². The van der Waals surface area contributed by atoms with E-state index in [1.54, 1.807) is 0 Å². The second-order valence-electron chi connectivity index (χ2n) is 5.18. The molecule has 0 bridgehead atoms. The molecule has 0 amide bonds. The Morgan fingerprint density at radius 1 is 1.22 bits per heavy atom. The van der Waals surface area contributed by atoms with Crippen LogP contribution >= 0.6 is 0 Å². The molecule has 2 heteroatoms. The molecule has 1 heterocycles. The number of rotatable bonds is 6. The first-order valence-electron chi connectivity index (χ1n) is 7.36. The van der Waals surface area contributed by atoms with E-state index in [1.165, 1.54) is 37.1 Å². The van der Waals surface area contributed by atoms with E-state index >= 15 is 0 Å². The molecule has 100 valence electrons. The highest BCUT2D eigenvalue weighted by Crippen LogP contribution is 2.16. The first kappa shape index (κ1) is 13.6. The average molecular weight is 246 g/mol. The van der Waals surface area contributed by atoms with Gasteiger partial charge in [-0.3, -0.25) is 4.90 Å². The van der Waals surface area contributed by atoms with Crippen LogP contribution in [0.4, 0.5) is 0 Å². The topological polar surface area (TPSA) is 15.3 Å². The Balaban J connectivity index is 1.81. The van der Waals surface area contributed by atoms with E-state index in [0.717, 1.165) is 25.6 Å². The van der Waals surface area contributed by atoms with Crippen LogP contribution in [0.5, 0.6) is 0 Å². The van der Waals surface area contributed by atoms with Crippen LogP contribution in [0.1, 0.15) is 37.8 Å². The third-order valence-corrected chi connectivity index (χ3v) is 4.10. The minimum absolute atomic E-state index is 0.754. The fraction of sp³-hybridized carbons (Fsp3) is 0.625. The average Bonchev–Trinajstić information content (AvgIpc) is 2.87. The molecule has 1 unspecified atom stereocenters. The van der Waals surface area contributed by atoms with Gasteiger partial charge in [-0.1, -0.05) is 38.1 Å². The van der Waals surface area contributed by atoms with E-state index in [1.807, 2.05) is 0 Å². The Bertz CT molecular complexity index is 362. The van der Waals surface area contributed by atoms with Gasteiger partial charge in [-0.2, -0.15) is 0 Å². The molecule has 2 rings (SSSR count). The van der Waals surface area contributed by atoms with E-state index in [9.17, 15) is 0 Å². The molecule has 18 heavy (non-hydrogen) atoms. The first-order chi connectivity index (χ1) is 8.85. The Morgan fingerprint density at radius 2 is 2.00 bits per heavy atom. The Kier molecular flexibility index (Phi) is 5.21. The maximum absolute atomic E-state index is 3.64. The molecular weight excluding hydrogens is 220 g/mol. The molecule has 1 aromatic carbocycles. The zero-order chi connectivity index (χ0) is 12.8. The van der Waals surface area contributed by atoms with Crippen molar-refractivity contribution in [3.63, 3.8) is 0 Å². The normalized spacial score (nSPS) is 20.4. The van der Waals surface area contributed by atoms with E-state index in [4.69, 9.17) is 0 Å². The summed E-state index contributed by atoms with van der Waals surface area (Å²) in [5.74, 6) is 0. The van der Waals surface area contributed by atoms with Gasteiger partial charge in [0.2, 0.25) is 0 Å². The van der Waals surface area contributed by atoms with Gasteiger partial charge in [0.05, 0.1) is 0 Å². The number of hydrogen-bond donors (Lipinski definition) is 1. The summed E-state index contributed by atoms with van der Waals surface area (Å²) in [4.78, 5) is 2.60. The van der Waals surface area contributed by atoms with Crippen LogP contribution in [0.25, 0.3) is 0 Å². The van der Waals surface area contributed by atoms with Crippen LogP contribution < -0.4 is 5.32 Å². The van der Waals surface area contributed by atoms with Crippen LogP contribution in [-0.4, -0.2) is 30.6 Å². The molecule has 1 aromatic rings. The van der Waals surface area contributed by atoms with Crippen molar-refractivity contribution in [3.05, 3.63) is 35.4 Å². The standard InChI is InChI=1S/C16H26N2/c1-3-14-8-5-6-9-15(14)12-17-13-16-10-7-11-18(16)4-2/h5-6,8-9,16-17H,3-4,7,10-13H2,1-2H3. The molecule has 1 fully saturated rings. The molecule has 0 aliphatic carbocycles. The molecule has 0 saturated carbocycles. The molecule has 1 aliphatic heterocycles. The van der Waals surface area contributed by atoms with Crippen LogP contribution in [0, 0.1) is 0 Å². The summed E-state index contributed by atoms with van der Waals surface area (Å²) in [6.07, 6.45) is 3.85. The van der Waals surface area contributed by atoms with Crippen molar-refractivity contribution in [2.75, 3.05) is 19.6 Å². The van der Waals surface area contributed by atoms with Gasteiger partial charge in [-0.15, -0.1) is 0 Å². The molecule has 2 nitrogen and oxygen atoms in total. The van der Waals surface area contributed by atoms with Crippen LogP contribution in [0.15, 0.2) is 24.3 Å². The van der Waals surface area contributed by atoms with Gasteiger partial charge in [0.25, 0.3) is 0 Å². The smallest absolute Gasteiger partial charge is 0.0221 e. The summed E-state index contributed by atoms with van der Waals surface area (Å²) in [5.41, 5.74) is 2.94. The summed E-state index contributed by atoms with van der Waals surface area (Å²) in [6.45, 7) is 9.12. The van der Waals surface area contributed by atoms with E-state index in [2.05, 4.69) is 48.3 Å². The Morgan fingerprint density at radius 3 is 2.72 bits per heavy atom. The number of likely N-dealkylation sites (tertiary alicyclic amines) is 1. The van der Waals surface area contributed by atoms with Crippen molar-refractivity contribution >= 4 is 0 Å². The summed E-state index contributed by atoms with van der Waals surface area (Å²) in [6, 6.07) is 9.52. The molecule has 1 saturated heterocycles. The van der Waals surface area contributed by atoms with Crippen molar-refractivity contribution in [2.24, 2.45) is 0 Å². The number of likely N-dealkylation sites (N-methyl/N-ethyl adjacent to an activating group) is 1. The predicted molar refractivity (Wildman–Crippen MR) is 77.8 cm³/mol. The van der Waals surface area contributed by atoms with Crippen molar-refractivity contribution < 1.29 is 0 Å². The lowest BCUT2D eigenvalue weighted by Gasteiger charge is -2.23. The maximum atomic E-state index is 3.64. The molecular formula is C16H26N2. The second kappa shape index (κ2) is 6.91. The van der Waals surface area contributed by atoms with Crippen LogP contribution in [0.2, 0.25) is 0 Å². The van der Waals surface area contributed by atoms with Gasteiger partial charge in [0.15, 0.2) is 0 Å². The van der Waals surface area contributed by atoms with Gasteiger partial charge < -0.3 is 5.32 Å². The van der Waals surface area contributed by atoms with Gasteiger partial charge in [-0.05, 0) is 43.5 Å². The highest BCUT2D eigenvalue weighted by atomic mass is 15.2. The summed E-state index contributed by atoms with van der Waals surface area (Å²) in [7, 11) is 0. The molecule has 0 spiro atoms. The lowest BCUT2D eigenvalue weighted by Crippen LogP contribution is -2.37. The summed E-state index contributed by atoms with van der Waals surface area (Å²) >= 11 is 0. The number of aryl methyl sites for hydroxylation is 1. The van der Waals surface area contributed by atoms with E-state index < -0.39 is 0 Å². The van der Waals surface area contributed by atoms with Crippen molar-refractivity contribution in [2.45, 2.75) is 45.7 Å². The molecule has 0 aromatic heterocycles. The SMILES string of the molecule is CCc1ccccc1CNCC1CCCN1CC. The van der Waals surface area contributed by atoms with Gasteiger partial charge in [0, 0.05) is 19.1 Å². The fourth-order valence-electron chi connectivity index (χ4n) is 2.99. The predicted octanol–water partition coefficient (Wildman–Crippen LogP) is 2.82. The Hall–Kier alpha value is -0.860. The minimum atomic E-state index is 0.754. The number of nitrogens with zero attached hydrogens (tertiary/aromatic N) is 1. The van der Waals surface area contributed by atoms with Crippen molar-refractivity contribution in [1.29, 1.82) is 0 Å². The lowest BCUT2D eigenvalue weighted by molar-refractivity contribution is 0.260. The number of nitrogens with one attached hydrogen (secondary N) is 1. The number of benzene rings is 1. The molecule has 1 atom stereocenters. The van der Waals surface area contributed by atoms with Gasteiger partial charge in [0.1, 0.15) is 0 Å².